The largest absolute Gasteiger partial charge is 0.387 e. The van der Waals surface area contributed by atoms with Gasteiger partial charge in [-0.05, 0) is 44.0 Å². The number of urea groups is 1. The summed E-state index contributed by atoms with van der Waals surface area (Å²) in [6.07, 6.45) is 0.243. The fourth-order valence-electron chi connectivity index (χ4n) is 6.63. The van der Waals surface area contributed by atoms with Crippen LogP contribution in [0.4, 0.5) is 10.6 Å². The Kier molecular flexibility index (Phi) is 15.9. The van der Waals surface area contributed by atoms with Gasteiger partial charge in [-0.3, -0.25) is 14.2 Å². The zero-order valence-electron chi connectivity index (χ0n) is 32.5. The predicted molar refractivity (Wildman–Crippen MR) is 213 cm³/mol. The van der Waals surface area contributed by atoms with E-state index in [0.717, 1.165) is 56.4 Å². The second-order valence-electron chi connectivity index (χ2n) is 13.8. The lowest BCUT2D eigenvalue weighted by Gasteiger charge is -2.22. The van der Waals surface area contributed by atoms with Crippen LogP contribution in [0.3, 0.4) is 0 Å². The first-order valence-electron chi connectivity index (χ1n) is 19.6. The van der Waals surface area contributed by atoms with E-state index >= 15 is 0 Å². The normalized spacial score (nSPS) is 18.0. The van der Waals surface area contributed by atoms with Gasteiger partial charge in [0.15, 0.2) is 29.3 Å². The maximum absolute atomic E-state index is 13.6. The van der Waals surface area contributed by atoms with Crippen LogP contribution in [0, 0.1) is 0 Å². The van der Waals surface area contributed by atoms with E-state index in [1.165, 1.54) is 10.9 Å². The lowest BCUT2D eigenvalue weighted by atomic mass is 9.91. The Bertz CT molecular complexity index is 1800. The number of aliphatic hydroxyl groups excluding tert-OH is 2. The van der Waals surface area contributed by atoms with Crippen LogP contribution in [0.2, 0.25) is 0 Å². The third kappa shape index (κ3) is 11.0. The van der Waals surface area contributed by atoms with Crippen molar-refractivity contribution in [1.29, 1.82) is 0 Å². The molecule has 302 valence electrons. The number of ether oxygens (including phenoxy) is 1. The number of anilines is 1. The maximum Gasteiger partial charge on any atom is 0.314 e. The number of carbonyl (C=O) groups is 3. The highest BCUT2D eigenvalue weighted by molar-refractivity contribution is 5.94. The molecule has 1 aliphatic heterocycles. The van der Waals surface area contributed by atoms with Crippen molar-refractivity contribution in [3.05, 3.63) is 83.9 Å². The SMILES string of the molecule is CCCCN(CCCC)CCNC(=O)NCCNC(=O)c1nc(NCC(c2ccccc2)c2ccccc2)c2ncn(C3O[C@H](C(=O)NCC)[C@@H](O)[C@H]3O)c2n1. The standard InChI is InChI=1S/C40H56N10O6/c1-4-7-22-49(23-8-5-2)24-21-44-40(55)43-20-19-42-38(54)35-47-34(45-25-29(27-15-11-9-12-16-27)28-17-13-10-14-18-28)30-36(48-35)50(26-46-30)39-32(52)31(51)33(56-39)37(53)41-6-3/h9-18,26,29,31-33,39,51-52H,4-8,19-25H2,1-3H3,(H,41,53)(H,42,54)(H2,43,44,55)(H,45,47,48)/t31-,32+,33-,39?/m0/s1. The highest BCUT2D eigenvalue weighted by Crippen LogP contribution is 2.33. The fourth-order valence-corrected chi connectivity index (χ4v) is 6.63. The van der Waals surface area contributed by atoms with E-state index in [9.17, 15) is 24.6 Å². The van der Waals surface area contributed by atoms with Gasteiger partial charge in [0, 0.05) is 45.2 Å². The van der Waals surface area contributed by atoms with Crippen molar-refractivity contribution in [3.63, 3.8) is 0 Å². The van der Waals surface area contributed by atoms with Gasteiger partial charge < -0.3 is 46.4 Å². The monoisotopic (exact) mass is 772 g/mol. The molecule has 2 aromatic carbocycles. The van der Waals surface area contributed by atoms with Crippen LogP contribution in [0.25, 0.3) is 11.2 Å². The van der Waals surface area contributed by atoms with Crippen molar-refractivity contribution in [2.45, 2.75) is 76.9 Å². The van der Waals surface area contributed by atoms with Gasteiger partial charge in [-0.15, -0.1) is 0 Å². The van der Waals surface area contributed by atoms with Crippen molar-refractivity contribution in [1.82, 2.24) is 45.7 Å². The summed E-state index contributed by atoms with van der Waals surface area (Å²) < 4.78 is 7.25. The van der Waals surface area contributed by atoms with E-state index < -0.39 is 36.4 Å². The molecular weight excluding hydrogens is 717 g/mol. The third-order valence-electron chi connectivity index (χ3n) is 9.69. The molecule has 7 N–H and O–H groups in total. The molecule has 5 rings (SSSR count). The van der Waals surface area contributed by atoms with Crippen molar-refractivity contribution < 1.29 is 29.3 Å². The number of hydrogen-bond donors (Lipinski definition) is 7. The lowest BCUT2D eigenvalue weighted by molar-refractivity contribution is -0.137. The topological polar surface area (TPSA) is 208 Å². The van der Waals surface area contributed by atoms with Gasteiger partial charge >= 0.3 is 6.03 Å². The molecule has 0 spiro atoms. The molecule has 4 aromatic rings. The molecule has 0 radical (unpaired) electrons. The molecule has 16 heteroatoms. The van der Waals surface area contributed by atoms with E-state index in [4.69, 9.17) is 4.74 Å². The molecule has 1 saturated heterocycles. The number of hydrogen-bond acceptors (Lipinski definition) is 11. The van der Waals surface area contributed by atoms with Crippen LogP contribution in [0.15, 0.2) is 67.0 Å². The van der Waals surface area contributed by atoms with Gasteiger partial charge in [-0.1, -0.05) is 87.4 Å². The average Bonchev–Trinajstić information content (AvgIpc) is 3.77. The van der Waals surface area contributed by atoms with E-state index in [1.54, 1.807) is 6.92 Å². The highest BCUT2D eigenvalue weighted by Gasteiger charge is 2.47. The molecular formula is C40H56N10O6. The number of fused-ring (bicyclic) bond motifs is 1. The summed E-state index contributed by atoms with van der Waals surface area (Å²) in [5, 5.41) is 36.2. The number of nitrogens with one attached hydrogen (secondary N) is 5. The summed E-state index contributed by atoms with van der Waals surface area (Å²) in [7, 11) is 0. The van der Waals surface area contributed by atoms with Gasteiger partial charge in [0.05, 0.1) is 6.33 Å². The van der Waals surface area contributed by atoms with Crippen LogP contribution in [0.5, 0.6) is 0 Å². The molecule has 4 atom stereocenters. The molecule has 4 amide bonds. The Balaban J connectivity index is 1.31. The number of rotatable bonds is 21. The molecule has 0 aliphatic carbocycles. The lowest BCUT2D eigenvalue weighted by Crippen LogP contribution is -2.43. The van der Waals surface area contributed by atoms with Crippen LogP contribution in [-0.4, -0.2) is 123 Å². The molecule has 3 heterocycles. The highest BCUT2D eigenvalue weighted by atomic mass is 16.6. The smallest absolute Gasteiger partial charge is 0.314 e. The average molecular weight is 773 g/mol. The molecule has 56 heavy (non-hydrogen) atoms. The minimum Gasteiger partial charge on any atom is -0.387 e. The van der Waals surface area contributed by atoms with Crippen LogP contribution < -0.4 is 26.6 Å². The van der Waals surface area contributed by atoms with E-state index in [-0.39, 0.29) is 47.8 Å². The molecule has 16 nitrogen and oxygen atoms in total. The number of carbonyl (C=O) groups excluding carboxylic acids is 3. The first kappa shape index (κ1) is 42.0. The van der Waals surface area contributed by atoms with Crippen molar-refractivity contribution in [2.75, 3.05) is 57.7 Å². The quantitative estimate of drug-likeness (QED) is 0.0613. The fraction of sp³-hybridized carbons (Fsp3) is 0.500. The van der Waals surface area contributed by atoms with Gasteiger partial charge in [0.1, 0.15) is 12.2 Å². The Labute approximate surface area is 327 Å². The number of imidazole rings is 1. The number of likely N-dealkylation sites (N-methyl/N-ethyl adjacent to an activating group) is 1. The number of benzene rings is 2. The first-order valence-corrected chi connectivity index (χ1v) is 19.6. The molecule has 0 bridgehead atoms. The van der Waals surface area contributed by atoms with Crippen molar-refractivity contribution >= 4 is 34.8 Å². The van der Waals surface area contributed by atoms with E-state index in [0.29, 0.717) is 19.6 Å². The summed E-state index contributed by atoms with van der Waals surface area (Å²) in [6.45, 7) is 10.3. The molecule has 0 saturated carbocycles. The van der Waals surface area contributed by atoms with Gasteiger partial charge in [0.25, 0.3) is 11.8 Å². The van der Waals surface area contributed by atoms with Gasteiger partial charge in [-0.25, -0.2) is 19.7 Å². The minimum absolute atomic E-state index is 0.0947. The zero-order chi connectivity index (χ0) is 39.9. The summed E-state index contributed by atoms with van der Waals surface area (Å²) in [5.74, 6) is -1.21. The second-order valence-corrected chi connectivity index (χ2v) is 13.8. The summed E-state index contributed by atoms with van der Waals surface area (Å²) in [4.78, 5) is 54.7. The van der Waals surface area contributed by atoms with Crippen molar-refractivity contribution in [3.8, 4) is 0 Å². The summed E-state index contributed by atoms with van der Waals surface area (Å²) in [6, 6.07) is 19.7. The molecule has 1 aliphatic rings. The summed E-state index contributed by atoms with van der Waals surface area (Å²) >= 11 is 0. The molecule has 1 fully saturated rings. The molecule has 1 unspecified atom stereocenters. The molecule has 2 aromatic heterocycles. The Morgan fingerprint density at radius 3 is 2.05 bits per heavy atom. The Hall–Kier alpha value is -5.16. The number of unbranched alkanes of at least 4 members (excludes halogenated alkanes) is 2. The van der Waals surface area contributed by atoms with E-state index in [2.05, 4.69) is 60.3 Å². The second kappa shape index (κ2) is 21.2. The number of nitrogens with zero attached hydrogens (tertiary/aromatic N) is 5. The van der Waals surface area contributed by atoms with E-state index in [1.807, 2.05) is 60.7 Å². The maximum atomic E-state index is 13.6. The Morgan fingerprint density at radius 2 is 1.43 bits per heavy atom. The van der Waals surface area contributed by atoms with Gasteiger partial charge in [-0.2, -0.15) is 0 Å². The van der Waals surface area contributed by atoms with Crippen LogP contribution in [0.1, 0.15) is 80.3 Å². The zero-order valence-corrected chi connectivity index (χ0v) is 32.5. The Morgan fingerprint density at radius 1 is 0.804 bits per heavy atom. The van der Waals surface area contributed by atoms with Gasteiger partial charge in [0.2, 0.25) is 5.82 Å². The predicted octanol–water partition coefficient (Wildman–Crippen LogP) is 2.76. The van der Waals surface area contributed by atoms with Crippen LogP contribution >= 0.6 is 0 Å². The number of amides is 4. The minimum atomic E-state index is -1.52. The third-order valence-corrected chi connectivity index (χ3v) is 9.69. The summed E-state index contributed by atoms with van der Waals surface area (Å²) in [5.41, 5.74) is 2.56. The first-order chi connectivity index (χ1) is 27.2. The number of aromatic nitrogens is 4. The van der Waals surface area contributed by atoms with Crippen LogP contribution in [-0.2, 0) is 9.53 Å². The van der Waals surface area contributed by atoms with Crippen molar-refractivity contribution in [2.24, 2.45) is 0 Å². The number of aliphatic hydroxyl groups is 2.